The van der Waals surface area contributed by atoms with E-state index in [1.54, 1.807) is 6.07 Å². The molecule has 1 saturated carbocycles. The van der Waals surface area contributed by atoms with Gasteiger partial charge in [-0.2, -0.15) is 0 Å². The van der Waals surface area contributed by atoms with E-state index in [9.17, 15) is 4.39 Å². The smallest absolute Gasteiger partial charge is 0.146 e. The van der Waals surface area contributed by atoms with Gasteiger partial charge in [0.25, 0.3) is 0 Å². The second kappa shape index (κ2) is 2.83. The molecule has 1 aliphatic rings. The van der Waals surface area contributed by atoms with Gasteiger partial charge in [0, 0.05) is 17.6 Å². The molecule has 0 N–H and O–H groups in total. The SMILES string of the molecule is Fc1c(Br)ccc2c1ccn2C1CC1. The largest absolute Gasteiger partial charge is 0.344 e. The molecule has 0 radical (unpaired) electrons. The second-order valence-electron chi connectivity index (χ2n) is 3.75. The van der Waals surface area contributed by atoms with Gasteiger partial charge in [-0.25, -0.2) is 4.39 Å². The summed E-state index contributed by atoms with van der Waals surface area (Å²) in [5.41, 5.74) is 1.01. The van der Waals surface area contributed by atoms with E-state index < -0.39 is 0 Å². The average Bonchev–Trinajstić information content (AvgIpc) is 2.93. The fourth-order valence-corrected chi connectivity index (χ4v) is 2.19. The molecule has 0 bridgehead atoms. The third kappa shape index (κ3) is 1.12. The molecule has 0 saturated heterocycles. The molecule has 1 aliphatic carbocycles. The van der Waals surface area contributed by atoms with Crippen LogP contribution in [0.15, 0.2) is 28.9 Å². The minimum absolute atomic E-state index is 0.151. The number of halogens is 2. The summed E-state index contributed by atoms with van der Waals surface area (Å²) in [6.07, 6.45) is 4.43. The van der Waals surface area contributed by atoms with Crippen LogP contribution in [0.3, 0.4) is 0 Å². The molecule has 1 fully saturated rings. The maximum atomic E-state index is 13.6. The van der Waals surface area contributed by atoms with Crippen LogP contribution in [0.1, 0.15) is 18.9 Å². The van der Waals surface area contributed by atoms with Crippen LogP contribution in [-0.2, 0) is 0 Å². The van der Waals surface area contributed by atoms with E-state index in [4.69, 9.17) is 0 Å². The van der Waals surface area contributed by atoms with Gasteiger partial charge in [-0.3, -0.25) is 0 Å². The maximum Gasteiger partial charge on any atom is 0.146 e. The molecule has 2 aromatic rings. The third-order valence-electron chi connectivity index (χ3n) is 2.73. The van der Waals surface area contributed by atoms with Gasteiger partial charge in [0.05, 0.1) is 9.99 Å². The number of hydrogen-bond donors (Lipinski definition) is 0. The Kier molecular flexibility index (Phi) is 1.71. The Hall–Kier alpha value is -0.830. The molecule has 3 heteroatoms. The Morgan fingerprint density at radius 1 is 1.29 bits per heavy atom. The Labute approximate surface area is 89.7 Å². The highest BCUT2D eigenvalue weighted by molar-refractivity contribution is 9.10. The van der Waals surface area contributed by atoms with Crippen molar-refractivity contribution in [3.05, 3.63) is 34.7 Å². The molecule has 1 heterocycles. The molecule has 0 amide bonds. The highest BCUT2D eigenvalue weighted by Crippen LogP contribution is 2.38. The minimum atomic E-state index is -0.151. The first-order chi connectivity index (χ1) is 6.77. The van der Waals surface area contributed by atoms with Crippen LogP contribution in [-0.4, -0.2) is 4.57 Å². The molecular formula is C11H9BrFN. The van der Waals surface area contributed by atoms with Gasteiger partial charge >= 0.3 is 0 Å². The monoisotopic (exact) mass is 253 g/mol. The van der Waals surface area contributed by atoms with Crippen molar-refractivity contribution >= 4 is 26.8 Å². The topological polar surface area (TPSA) is 4.93 Å². The zero-order chi connectivity index (χ0) is 9.71. The summed E-state index contributed by atoms with van der Waals surface area (Å²) >= 11 is 3.19. The number of benzene rings is 1. The first-order valence-corrected chi connectivity index (χ1v) is 5.51. The van der Waals surface area contributed by atoms with E-state index in [1.165, 1.54) is 12.8 Å². The van der Waals surface area contributed by atoms with Crippen LogP contribution >= 0.6 is 15.9 Å². The molecule has 1 aromatic carbocycles. The Morgan fingerprint density at radius 3 is 2.79 bits per heavy atom. The van der Waals surface area contributed by atoms with Crippen molar-refractivity contribution in [2.45, 2.75) is 18.9 Å². The molecule has 0 atom stereocenters. The Balaban J connectivity index is 2.31. The number of nitrogens with zero attached hydrogens (tertiary/aromatic N) is 1. The molecular weight excluding hydrogens is 245 g/mol. The fraction of sp³-hybridized carbons (Fsp3) is 0.273. The zero-order valence-corrected chi connectivity index (χ0v) is 9.09. The summed E-state index contributed by atoms with van der Waals surface area (Å²) in [5.74, 6) is -0.151. The van der Waals surface area contributed by atoms with Crippen LogP contribution in [0.4, 0.5) is 4.39 Å². The van der Waals surface area contributed by atoms with Gasteiger partial charge in [-0.05, 0) is 47.0 Å². The predicted molar refractivity (Wildman–Crippen MR) is 57.9 cm³/mol. The van der Waals surface area contributed by atoms with Crippen molar-refractivity contribution in [2.24, 2.45) is 0 Å². The zero-order valence-electron chi connectivity index (χ0n) is 7.50. The van der Waals surface area contributed by atoms with E-state index in [-0.39, 0.29) is 5.82 Å². The number of fused-ring (bicyclic) bond motifs is 1. The quantitative estimate of drug-likeness (QED) is 0.727. The van der Waals surface area contributed by atoms with Crippen LogP contribution in [0.5, 0.6) is 0 Å². The number of rotatable bonds is 1. The van der Waals surface area contributed by atoms with Gasteiger partial charge in [0.2, 0.25) is 0 Å². The van der Waals surface area contributed by atoms with Gasteiger partial charge in [-0.15, -0.1) is 0 Å². The molecule has 72 valence electrons. The number of hydrogen-bond acceptors (Lipinski definition) is 0. The molecule has 1 aromatic heterocycles. The van der Waals surface area contributed by atoms with Crippen LogP contribution in [0.2, 0.25) is 0 Å². The summed E-state index contributed by atoms with van der Waals surface area (Å²) in [7, 11) is 0. The van der Waals surface area contributed by atoms with Crippen molar-refractivity contribution in [3.8, 4) is 0 Å². The number of aromatic nitrogens is 1. The van der Waals surface area contributed by atoms with Gasteiger partial charge in [0.1, 0.15) is 5.82 Å². The lowest BCUT2D eigenvalue weighted by molar-refractivity contribution is 0.633. The first-order valence-electron chi connectivity index (χ1n) is 4.72. The van der Waals surface area contributed by atoms with E-state index in [0.29, 0.717) is 15.9 Å². The summed E-state index contributed by atoms with van der Waals surface area (Å²) in [5, 5.41) is 0.714. The van der Waals surface area contributed by atoms with Crippen molar-refractivity contribution in [1.29, 1.82) is 0 Å². The van der Waals surface area contributed by atoms with Crippen molar-refractivity contribution in [3.63, 3.8) is 0 Å². The molecule has 3 rings (SSSR count). The molecule has 0 spiro atoms. The summed E-state index contributed by atoms with van der Waals surface area (Å²) < 4.78 is 16.3. The fourth-order valence-electron chi connectivity index (χ4n) is 1.85. The van der Waals surface area contributed by atoms with E-state index in [2.05, 4.69) is 20.5 Å². The van der Waals surface area contributed by atoms with Crippen LogP contribution in [0.25, 0.3) is 10.9 Å². The summed E-state index contributed by atoms with van der Waals surface area (Å²) in [6.45, 7) is 0. The van der Waals surface area contributed by atoms with Crippen LogP contribution in [0, 0.1) is 5.82 Å². The summed E-state index contributed by atoms with van der Waals surface area (Å²) in [6, 6.07) is 6.21. The van der Waals surface area contributed by atoms with E-state index in [1.807, 2.05) is 18.3 Å². The summed E-state index contributed by atoms with van der Waals surface area (Å²) in [4.78, 5) is 0. The standard InChI is InChI=1S/C11H9BrFN/c12-9-3-4-10-8(11(9)13)5-6-14(10)7-1-2-7/h3-7H,1-2H2. The van der Waals surface area contributed by atoms with Crippen molar-refractivity contribution in [2.75, 3.05) is 0 Å². The van der Waals surface area contributed by atoms with Crippen molar-refractivity contribution in [1.82, 2.24) is 4.57 Å². The lowest BCUT2D eigenvalue weighted by atomic mass is 10.2. The predicted octanol–water partition coefficient (Wildman–Crippen LogP) is 3.88. The lowest BCUT2D eigenvalue weighted by Gasteiger charge is -2.02. The molecule has 1 nitrogen and oxygen atoms in total. The maximum absolute atomic E-state index is 13.6. The second-order valence-corrected chi connectivity index (χ2v) is 4.60. The average molecular weight is 254 g/mol. The van der Waals surface area contributed by atoms with Gasteiger partial charge in [0.15, 0.2) is 0 Å². The lowest BCUT2D eigenvalue weighted by Crippen LogP contribution is -1.90. The van der Waals surface area contributed by atoms with Gasteiger partial charge in [-0.1, -0.05) is 0 Å². The van der Waals surface area contributed by atoms with Gasteiger partial charge < -0.3 is 4.57 Å². The Bertz CT molecular complexity index is 499. The van der Waals surface area contributed by atoms with Crippen molar-refractivity contribution < 1.29 is 4.39 Å². The van der Waals surface area contributed by atoms with Crippen LogP contribution < -0.4 is 0 Å². The molecule has 0 aliphatic heterocycles. The first kappa shape index (κ1) is 8.48. The molecule has 14 heavy (non-hydrogen) atoms. The minimum Gasteiger partial charge on any atom is -0.344 e. The normalized spacial score (nSPS) is 16.4. The van der Waals surface area contributed by atoms with E-state index in [0.717, 1.165) is 5.52 Å². The highest BCUT2D eigenvalue weighted by atomic mass is 79.9. The highest BCUT2D eigenvalue weighted by Gasteiger charge is 2.24. The third-order valence-corrected chi connectivity index (χ3v) is 3.34. The Morgan fingerprint density at radius 2 is 2.07 bits per heavy atom. The van der Waals surface area contributed by atoms with E-state index >= 15 is 0 Å². The molecule has 0 unspecified atom stereocenters.